The summed E-state index contributed by atoms with van der Waals surface area (Å²) in [5.74, 6) is 0.870. The van der Waals surface area contributed by atoms with Crippen LogP contribution in [0, 0.1) is 6.07 Å². The minimum atomic E-state index is -0.258. The Morgan fingerprint density at radius 3 is 1.92 bits per heavy atom. The summed E-state index contributed by atoms with van der Waals surface area (Å²) in [4.78, 5) is 10.5. The molecular weight excluding hydrogens is 962 g/mol. The van der Waals surface area contributed by atoms with Gasteiger partial charge in [-0.3, -0.25) is 9.55 Å². The summed E-state index contributed by atoms with van der Waals surface area (Å²) in [6, 6.07) is 59.6. The summed E-state index contributed by atoms with van der Waals surface area (Å²) in [5.41, 5.74) is 18.3. The normalized spacial score (nSPS) is 13.1. The molecule has 9 aromatic rings. The molecule has 5 heteroatoms. The van der Waals surface area contributed by atoms with Crippen LogP contribution in [-0.2, 0) is 37.3 Å². The van der Waals surface area contributed by atoms with Crippen molar-refractivity contribution in [1.82, 2.24) is 14.5 Å². The van der Waals surface area contributed by atoms with Crippen molar-refractivity contribution < 1.29 is 26.2 Å². The Morgan fingerprint density at radius 2 is 1.19 bits per heavy atom. The molecule has 0 spiro atoms. The van der Waals surface area contributed by atoms with Crippen LogP contribution in [0.25, 0.3) is 83.9 Å². The number of para-hydroxylation sites is 2. The molecule has 10 rings (SSSR count). The fourth-order valence-corrected chi connectivity index (χ4v) is 9.39. The monoisotopic (exact) mass is 1010 g/mol. The van der Waals surface area contributed by atoms with Crippen LogP contribution in [0.2, 0.25) is 0 Å². The Balaban J connectivity index is 0.00000518. The van der Waals surface area contributed by atoms with Crippen LogP contribution >= 0.6 is 0 Å². The van der Waals surface area contributed by atoms with Gasteiger partial charge in [0.15, 0.2) is 0 Å². The molecule has 4 nitrogen and oxygen atoms in total. The number of phenols is 1. The van der Waals surface area contributed by atoms with Gasteiger partial charge in [0.05, 0.1) is 22.3 Å². The Labute approximate surface area is 392 Å². The fourth-order valence-electron chi connectivity index (χ4n) is 9.39. The average Bonchev–Trinajstić information content (AvgIpc) is 3.77. The zero-order valence-corrected chi connectivity index (χ0v) is 40.0. The molecule has 2 aromatic heterocycles. The Morgan fingerprint density at radius 1 is 0.531 bits per heavy atom. The van der Waals surface area contributed by atoms with Crippen molar-refractivity contribution in [2.24, 2.45) is 0 Å². The molecule has 1 N–H and O–H groups in total. The number of benzene rings is 7. The number of hydrogen-bond acceptors (Lipinski definition) is 3. The molecule has 0 amide bonds. The third-order valence-corrected chi connectivity index (χ3v) is 13.0. The second kappa shape index (κ2) is 16.0. The van der Waals surface area contributed by atoms with E-state index < -0.39 is 0 Å². The summed E-state index contributed by atoms with van der Waals surface area (Å²) in [5, 5.41) is 12.2. The smallest absolute Gasteiger partial charge is 0.148 e. The molecule has 0 saturated heterocycles. The van der Waals surface area contributed by atoms with Crippen LogP contribution in [0.15, 0.2) is 164 Å². The maximum atomic E-state index is 12.2. The molecule has 0 atom stereocenters. The number of nitrogens with zero attached hydrogens (tertiary/aromatic N) is 3. The molecule has 320 valence electrons. The summed E-state index contributed by atoms with van der Waals surface area (Å²) < 4.78 is 2.24. The first-order chi connectivity index (χ1) is 30.2. The van der Waals surface area contributed by atoms with E-state index in [1.165, 1.54) is 22.3 Å². The molecule has 0 bridgehead atoms. The molecule has 0 saturated carbocycles. The predicted molar refractivity (Wildman–Crippen MR) is 262 cm³/mol. The number of phenolic OH excluding ortho intramolecular Hbond substituents is 1. The van der Waals surface area contributed by atoms with Gasteiger partial charge in [-0.15, -0.1) is 29.3 Å². The molecule has 1 aliphatic rings. The molecule has 64 heavy (non-hydrogen) atoms. The van der Waals surface area contributed by atoms with Crippen LogP contribution in [0.5, 0.6) is 5.75 Å². The molecule has 2 heterocycles. The third kappa shape index (κ3) is 7.42. The van der Waals surface area contributed by atoms with Crippen LogP contribution in [0.3, 0.4) is 0 Å². The predicted octanol–water partition coefficient (Wildman–Crippen LogP) is 15.2. The quantitative estimate of drug-likeness (QED) is 0.169. The Kier molecular flexibility index (Phi) is 10.7. The number of imidazole rings is 1. The van der Waals surface area contributed by atoms with E-state index in [-0.39, 0.29) is 43.1 Å². The number of aromatic hydroxyl groups is 1. The van der Waals surface area contributed by atoms with E-state index in [2.05, 4.69) is 212 Å². The van der Waals surface area contributed by atoms with Gasteiger partial charge in [-0.25, -0.2) is 4.98 Å². The number of aromatic nitrogens is 3. The molecule has 0 radical (unpaired) electrons. The second-order valence-electron chi connectivity index (χ2n) is 19.6. The van der Waals surface area contributed by atoms with E-state index in [9.17, 15) is 5.11 Å². The van der Waals surface area contributed by atoms with Crippen molar-refractivity contribution in [2.75, 3.05) is 0 Å². The average molecular weight is 1010 g/mol. The minimum absolute atomic E-state index is 0. The molecule has 0 aliphatic heterocycles. The van der Waals surface area contributed by atoms with Crippen LogP contribution in [0.4, 0.5) is 0 Å². The first-order valence-electron chi connectivity index (χ1n) is 22.0. The van der Waals surface area contributed by atoms with Gasteiger partial charge in [-0.05, 0) is 85.7 Å². The number of rotatable bonds is 6. The van der Waals surface area contributed by atoms with Crippen molar-refractivity contribution in [1.29, 1.82) is 0 Å². The van der Waals surface area contributed by atoms with E-state index in [1.54, 1.807) is 0 Å². The Bertz CT molecular complexity index is 3220. The van der Waals surface area contributed by atoms with E-state index >= 15 is 0 Å². The molecule has 0 unspecified atom stereocenters. The SMILES string of the molecule is CC(C)(C)c1ccc(-c2ccnc(-c3[c-]c(-c4cccc5c4nc(-c4cc6c(cc4O)C(C)(C)c4ccccc4-6)n5-c4ccccc4-c4ccccc4)cc(C(C)(C)C)c3)c2)cc1.[Pt]. The maximum absolute atomic E-state index is 12.2. The number of fused-ring (bicyclic) bond motifs is 4. The van der Waals surface area contributed by atoms with Gasteiger partial charge in [0, 0.05) is 43.9 Å². The van der Waals surface area contributed by atoms with Crippen LogP contribution in [0.1, 0.15) is 77.6 Å². The standard InChI is InChI=1S/C59H52N3O.Pt/c1-57(2,3)42-27-25-37(26-28-42)39-29-30-60-51(34-39)41-31-40(32-43(33-41)58(4,5)6)45-21-16-24-53-55(45)61-56(62(53)52-23-15-13-19-44(52)38-17-10-9-11-18-38)48-35-47-46-20-12-14-22-49(46)59(7,8)50(47)36-54(48)63;/h9-30,32-36,63H,1-8H3;/q-1;. The van der Waals surface area contributed by atoms with Crippen molar-refractivity contribution in [3.8, 4) is 78.6 Å². The summed E-state index contributed by atoms with van der Waals surface area (Å²) in [7, 11) is 0. The zero-order valence-electron chi connectivity index (χ0n) is 37.7. The number of pyridine rings is 1. The van der Waals surface area contributed by atoms with Crippen molar-refractivity contribution in [3.63, 3.8) is 0 Å². The zero-order chi connectivity index (χ0) is 43.8. The summed E-state index contributed by atoms with van der Waals surface area (Å²) in [6.45, 7) is 18.0. The van der Waals surface area contributed by atoms with E-state index in [1.807, 2.05) is 18.3 Å². The third-order valence-electron chi connectivity index (χ3n) is 13.0. The van der Waals surface area contributed by atoms with E-state index in [0.29, 0.717) is 11.4 Å². The maximum Gasteiger partial charge on any atom is 0.148 e. The first kappa shape index (κ1) is 42.9. The van der Waals surface area contributed by atoms with Gasteiger partial charge in [0.25, 0.3) is 0 Å². The largest absolute Gasteiger partial charge is 0.507 e. The summed E-state index contributed by atoms with van der Waals surface area (Å²) >= 11 is 0. The molecule has 0 fully saturated rings. The van der Waals surface area contributed by atoms with Gasteiger partial charge in [-0.2, -0.15) is 0 Å². The van der Waals surface area contributed by atoms with E-state index in [0.717, 1.165) is 72.5 Å². The van der Waals surface area contributed by atoms with Gasteiger partial charge in [-0.1, -0.05) is 182 Å². The van der Waals surface area contributed by atoms with Crippen LogP contribution < -0.4 is 0 Å². The van der Waals surface area contributed by atoms with Gasteiger partial charge in [0.2, 0.25) is 0 Å². The molecular formula is C59H52N3OPt-. The van der Waals surface area contributed by atoms with E-state index in [4.69, 9.17) is 9.97 Å². The molecule has 1 aliphatic carbocycles. The fraction of sp³-hybridized carbons (Fsp3) is 0.186. The Hall–Kier alpha value is -6.35. The van der Waals surface area contributed by atoms with Crippen molar-refractivity contribution in [3.05, 3.63) is 192 Å². The van der Waals surface area contributed by atoms with Crippen molar-refractivity contribution >= 4 is 11.0 Å². The van der Waals surface area contributed by atoms with Crippen molar-refractivity contribution in [2.45, 2.75) is 71.6 Å². The minimum Gasteiger partial charge on any atom is -0.507 e. The van der Waals surface area contributed by atoms with Gasteiger partial charge >= 0.3 is 0 Å². The topological polar surface area (TPSA) is 50.9 Å². The second-order valence-corrected chi connectivity index (χ2v) is 19.6. The summed E-state index contributed by atoms with van der Waals surface area (Å²) in [6.07, 6.45) is 1.90. The molecule has 7 aromatic carbocycles. The van der Waals surface area contributed by atoms with Crippen LogP contribution in [-0.4, -0.2) is 19.6 Å². The van der Waals surface area contributed by atoms with Gasteiger partial charge < -0.3 is 5.11 Å². The van der Waals surface area contributed by atoms with Gasteiger partial charge in [0.1, 0.15) is 11.6 Å². The number of hydrogen-bond donors (Lipinski definition) is 1. The first-order valence-corrected chi connectivity index (χ1v) is 22.0.